The van der Waals surface area contributed by atoms with Crippen LogP contribution in [-0.2, 0) is 4.84 Å². The highest BCUT2D eigenvalue weighted by Gasteiger charge is 2.51. The van der Waals surface area contributed by atoms with Gasteiger partial charge >= 0.3 is 6.18 Å². The fraction of sp³-hybridized carbons (Fsp3) is 0.412. The summed E-state index contributed by atoms with van der Waals surface area (Å²) in [7, 11) is 0. The first-order valence-electron chi connectivity index (χ1n) is 8.17. The molecule has 6 nitrogen and oxygen atoms in total. The van der Waals surface area contributed by atoms with Crippen LogP contribution in [0.15, 0.2) is 30.0 Å². The van der Waals surface area contributed by atoms with Crippen LogP contribution in [0, 0.1) is 12.3 Å². The minimum atomic E-state index is -4.79. The van der Waals surface area contributed by atoms with Gasteiger partial charge in [-0.15, -0.1) is 0 Å². The first-order chi connectivity index (χ1) is 13.0. The van der Waals surface area contributed by atoms with Crippen LogP contribution in [-0.4, -0.2) is 48.3 Å². The number of hydrogen-bond donors (Lipinski definition) is 3. The van der Waals surface area contributed by atoms with Crippen molar-refractivity contribution in [3.8, 4) is 0 Å². The quantitative estimate of drug-likeness (QED) is 0.223. The van der Waals surface area contributed by atoms with E-state index in [1.165, 1.54) is 12.1 Å². The molecule has 4 N–H and O–H groups in total. The number of nitrogens with two attached hydrogens (primary N) is 1. The maximum absolute atomic E-state index is 14.2. The molecule has 1 heterocycles. The second kappa shape index (κ2) is 8.13. The number of allylic oxidation sites excluding steroid dienone is 1. The number of hydroxylamine groups is 1. The van der Waals surface area contributed by atoms with Gasteiger partial charge in [-0.1, -0.05) is 11.6 Å². The van der Waals surface area contributed by atoms with E-state index in [1.54, 1.807) is 18.5 Å². The van der Waals surface area contributed by atoms with Crippen LogP contribution in [0.1, 0.15) is 22.3 Å². The Balaban J connectivity index is 2.12. The molecule has 1 fully saturated rings. The van der Waals surface area contributed by atoms with E-state index < -0.39 is 42.6 Å². The van der Waals surface area contributed by atoms with Gasteiger partial charge in [0.1, 0.15) is 12.6 Å². The molecule has 0 radical (unpaired) electrons. The third-order valence-corrected chi connectivity index (χ3v) is 4.27. The molecule has 1 aliphatic rings. The zero-order valence-corrected chi connectivity index (χ0v) is 14.8. The number of anilines is 1. The van der Waals surface area contributed by atoms with Crippen molar-refractivity contribution in [2.45, 2.75) is 31.5 Å². The Morgan fingerprint density at radius 2 is 2.14 bits per heavy atom. The first-order valence-corrected chi connectivity index (χ1v) is 8.17. The standard InChI is InChI=1S/C17H19F5N4O2/c1-10-2-3-13(24)12(6-10)15(27)26-5-4-16(18,19)14(26)9-28-25-8-11(7-23)17(20,21)22/h2-3,6-8,14,23,25H,4-5,9,24H2,1H3/b11-8+,23-7?/t14-/m1/s1. The molecule has 154 valence electrons. The van der Waals surface area contributed by atoms with Gasteiger partial charge in [-0.05, 0) is 19.1 Å². The smallest absolute Gasteiger partial charge is 0.398 e. The lowest BCUT2D eigenvalue weighted by Gasteiger charge is -2.27. The number of rotatable bonds is 6. The second-order valence-corrected chi connectivity index (χ2v) is 6.29. The van der Waals surface area contributed by atoms with E-state index in [-0.39, 0.29) is 24.0 Å². The average molecular weight is 406 g/mol. The monoisotopic (exact) mass is 406 g/mol. The zero-order valence-electron chi connectivity index (χ0n) is 14.8. The maximum Gasteiger partial charge on any atom is 0.419 e. The third kappa shape index (κ3) is 4.77. The number of nitrogens with zero attached hydrogens (tertiary/aromatic N) is 1. The Morgan fingerprint density at radius 3 is 2.75 bits per heavy atom. The molecular formula is C17H19F5N4O2. The summed E-state index contributed by atoms with van der Waals surface area (Å²) in [6.07, 6.45) is -5.01. The van der Waals surface area contributed by atoms with E-state index in [4.69, 9.17) is 16.0 Å². The van der Waals surface area contributed by atoms with Crippen molar-refractivity contribution in [1.29, 1.82) is 5.41 Å². The summed E-state index contributed by atoms with van der Waals surface area (Å²) in [6.45, 7) is 0.703. The Hall–Kier alpha value is -2.69. The van der Waals surface area contributed by atoms with Crippen LogP contribution < -0.4 is 11.2 Å². The van der Waals surface area contributed by atoms with Gasteiger partial charge in [-0.3, -0.25) is 15.1 Å². The largest absolute Gasteiger partial charge is 0.419 e. The van der Waals surface area contributed by atoms with Crippen molar-refractivity contribution < 1.29 is 31.6 Å². The van der Waals surface area contributed by atoms with Crippen LogP contribution in [0.4, 0.5) is 27.6 Å². The molecule has 0 saturated carbocycles. The number of carbonyl (C=O) groups excluding carboxylic acids is 1. The molecule has 1 atom stereocenters. The van der Waals surface area contributed by atoms with Gasteiger partial charge in [-0.25, -0.2) is 8.78 Å². The fourth-order valence-corrected chi connectivity index (χ4v) is 2.72. The van der Waals surface area contributed by atoms with E-state index >= 15 is 0 Å². The van der Waals surface area contributed by atoms with Crippen molar-refractivity contribution in [2.24, 2.45) is 0 Å². The van der Waals surface area contributed by atoms with Crippen LogP contribution in [0.2, 0.25) is 0 Å². The maximum atomic E-state index is 14.2. The summed E-state index contributed by atoms with van der Waals surface area (Å²) in [5.74, 6) is -3.99. The minimum Gasteiger partial charge on any atom is -0.398 e. The van der Waals surface area contributed by atoms with Gasteiger partial charge < -0.3 is 16.0 Å². The molecule has 0 aliphatic carbocycles. The molecule has 1 amide bonds. The van der Waals surface area contributed by atoms with Crippen molar-refractivity contribution in [3.63, 3.8) is 0 Å². The summed E-state index contributed by atoms with van der Waals surface area (Å²) in [6, 6.07) is 2.95. The first kappa shape index (κ1) is 21.6. The summed E-state index contributed by atoms with van der Waals surface area (Å²) in [5.41, 5.74) is 7.13. The predicted molar refractivity (Wildman–Crippen MR) is 92.0 cm³/mol. The predicted octanol–water partition coefficient (Wildman–Crippen LogP) is 3.04. The number of aryl methyl sites for hydroxylation is 1. The number of alkyl halides is 5. The molecule has 0 spiro atoms. The molecule has 2 rings (SSSR count). The van der Waals surface area contributed by atoms with Crippen LogP contribution >= 0.6 is 0 Å². The minimum absolute atomic E-state index is 0.0525. The highest BCUT2D eigenvalue weighted by molar-refractivity contribution is 5.99. The number of likely N-dealkylation sites (tertiary alicyclic amines) is 1. The number of halogens is 5. The van der Waals surface area contributed by atoms with Crippen molar-refractivity contribution in [2.75, 3.05) is 18.9 Å². The molecule has 1 aliphatic heterocycles. The van der Waals surface area contributed by atoms with E-state index in [0.717, 1.165) is 10.5 Å². The Kier molecular flexibility index (Phi) is 6.27. The van der Waals surface area contributed by atoms with Gasteiger partial charge in [0.05, 0.1) is 11.1 Å². The van der Waals surface area contributed by atoms with Gasteiger partial charge in [0.15, 0.2) is 0 Å². The Labute approximate surface area is 157 Å². The number of hydrogen-bond acceptors (Lipinski definition) is 5. The molecule has 28 heavy (non-hydrogen) atoms. The highest BCUT2D eigenvalue weighted by Crippen LogP contribution is 2.35. The Morgan fingerprint density at radius 1 is 1.46 bits per heavy atom. The molecule has 11 heteroatoms. The van der Waals surface area contributed by atoms with E-state index in [1.807, 2.05) is 0 Å². The summed E-state index contributed by atoms with van der Waals surface area (Å²) in [4.78, 5) is 18.3. The van der Waals surface area contributed by atoms with Crippen molar-refractivity contribution in [1.82, 2.24) is 10.4 Å². The SMILES string of the molecule is Cc1ccc(N)c(C(=O)N2CCC(F)(F)[C@H]2CON/C=C(\C=N)C(F)(F)F)c1. The van der Waals surface area contributed by atoms with E-state index in [9.17, 15) is 26.7 Å². The van der Waals surface area contributed by atoms with Crippen molar-refractivity contribution in [3.05, 3.63) is 41.1 Å². The Bertz CT molecular complexity index is 779. The summed E-state index contributed by atoms with van der Waals surface area (Å²) >= 11 is 0. The number of amides is 1. The summed E-state index contributed by atoms with van der Waals surface area (Å²) < 4.78 is 65.9. The number of carbonyl (C=O) groups is 1. The van der Waals surface area contributed by atoms with Gasteiger partial charge in [0, 0.05) is 31.1 Å². The second-order valence-electron chi connectivity index (χ2n) is 6.29. The molecule has 1 aromatic rings. The number of nitrogen functional groups attached to an aromatic ring is 1. The topological polar surface area (TPSA) is 91.4 Å². The molecule has 0 unspecified atom stereocenters. The van der Waals surface area contributed by atoms with Gasteiger partial charge in [-0.2, -0.15) is 13.2 Å². The van der Waals surface area contributed by atoms with Crippen LogP contribution in [0.3, 0.4) is 0 Å². The summed E-state index contributed by atoms with van der Waals surface area (Å²) in [5, 5.41) is 6.71. The van der Waals surface area contributed by atoms with E-state index in [2.05, 4.69) is 0 Å². The number of benzene rings is 1. The molecule has 1 aromatic carbocycles. The lowest BCUT2D eigenvalue weighted by molar-refractivity contribution is -0.0894. The molecule has 1 saturated heterocycles. The van der Waals surface area contributed by atoms with Gasteiger partial charge in [0.2, 0.25) is 0 Å². The lowest BCUT2D eigenvalue weighted by atomic mass is 10.1. The molecule has 0 aromatic heterocycles. The zero-order chi connectivity index (χ0) is 21.1. The lowest BCUT2D eigenvalue weighted by Crippen LogP contribution is -2.46. The average Bonchev–Trinajstić information content (AvgIpc) is 2.90. The third-order valence-electron chi connectivity index (χ3n) is 4.27. The van der Waals surface area contributed by atoms with Crippen LogP contribution in [0.5, 0.6) is 0 Å². The van der Waals surface area contributed by atoms with Crippen molar-refractivity contribution >= 4 is 17.8 Å². The molecule has 0 bridgehead atoms. The highest BCUT2D eigenvalue weighted by atomic mass is 19.4. The number of nitrogens with one attached hydrogen (secondary N) is 2. The van der Waals surface area contributed by atoms with Gasteiger partial charge in [0.25, 0.3) is 11.8 Å². The van der Waals surface area contributed by atoms with E-state index in [0.29, 0.717) is 6.20 Å². The fourth-order valence-electron chi connectivity index (χ4n) is 2.72. The van der Waals surface area contributed by atoms with Crippen LogP contribution in [0.25, 0.3) is 0 Å². The normalized spacial score (nSPS) is 19.6. The molecular weight excluding hydrogens is 387 g/mol.